The van der Waals surface area contributed by atoms with E-state index in [1.807, 2.05) is 31.2 Å². The van der Waals surface area contributed by atoms with E-state index in [1.54, 1.807) is 0 Å². The van der Waals surface area contributed by atoms with Crippen molar-refractivity contribution in [1.82, 2.24) is 4.98 Å². The average molecular weight is 229 g/mol. The highest BCUT2D eigenvalue weighted by Crippen LogP contribution is 2.10. The number of benzene rings is 1. The van der Waals surface area contributed by atoms with Crippen LogP contribution < -0.4 is 0 Å². The van der Waals surface area contributed by atoms with Gasteiger partial charge in [0.1, 0.15) is 5.69 Å². The minimum absolute atomic E-state index is 0.0889. The maximum atomic E-state index is 13.3. The number of hydrogen-bond acceptors (Lipinski definition) is 2. The SMILES string of the molecule is Cc1cccc(CC(=O)c2ncccc2F)c1. The molecular formula is C14H12FNO. The maximum Gasteiger partial charge on any atom is 0.188 e. The predicted octanol–water partition coefficient (Wildman–Crippen LogP) is 2.95. The molecule has 86 valence electrons. The number of ketones is 1. The second-order valence-corrected chi connectivity index (χ2v) is 3.92. The lowest BCUT2D eigenvalue weighted by atomic mass is 10.0. The van der Waals surface area contributed by atoms with E-state index in [9.17, 15) is 9.18 Å². The van der Waals surface area contributed by atoms with E-state index in [2.05, 4.69) is 4.98 Å². The van der Waals surface area contributed by atoms with Gasteiger partial charge in [-0.05, 0) is 24.6 Å². The van der Waals surface area contributed by atoms with Crippen molar-refractivity contribution in [1.29, 1.82) is 0 Å². The number of aryl methyl sites for hydroxylation is 1. The van der Waals surface area contributed by atoms with Gasteiger partial charge >= 0.3 is 0 Å². The number of aromatic nitrogens is 1. The molecule has 2 aromatic rings. The van der Waals surface area contributed by atoms with Crippen molar-refractivity contribution in [2.45, 2.75) is 13.3 Å². The van der Waals surface area contributed by atoms with Gasteiger partial charge in [0, 0.05) is 12.6 Å². The van der Waals surface area contributed by atoms with Gasteiger partial charge in [-0.25, -0.2) is 4.39 Å². The molecule has 2 rings (SSSR count). The maximum absolute atomic E-state index is 13.3. The van der Waals surface area contributed by atoms with Crippen LogP contribution in [-0.4, -0.2) is 10.8 Å². The Balaban J connectivity index is 2.20. The summed E-state index contributed by atoms with van der Waals surface area (Å²) in [6.45, 7) is 1.95. The van der Waals surface area contributed by atoms with E-state index in [0.29, 0.717) is 0 Å². The molecule has 1 aromatic heterocycles. The smallest absolute Gasteiger partial charge is 0.188 e. The topological polar surface area (TPSA) is 30.0 Å². The highest BCUT2D eigenvalue weighted by atomic mass is 19.1. The summed E-state index contributed by atoms with van der Waals surface area (Å²) >= 11 is 0. The van der Waals surface area contributed by atoms with Crippen molar-refractivity contribution in [3.8, 4) is 0 Å². The fourth-order valence-electron chi connectivity index (χ4n) is 1.68. The first kappa shape index (κ1) is 11.5. The summed E-state index contributed by atoms with van der Waals surface area (Å²) in [6, 6.07) is 10.3. The van der Waals surface area contributed by atoms with Crippen LogP contribution in [0.1, 0.15) is 21.6 Å². The van der Waals surface area contributed by atoms with E-state index in [4.69, 9.17) is 0 Å². The summed E-state index contributed by atoms with van der Waals surface area (Å²) in [5.41, 5.74) is 1.87. The minimum atomic E-state index is -0.565. The Morgan fingerprint density at radius 1 is 1.29 bits per heavy atom. The number of pyridine rings is 1. The molecule has 0 spiro atoms. The molecule has 0 saturated heterocycles. The van der Waals surface area contributed by atoms with Crippen LogP contribution in [0.25, 0.3) is 0 Å². The Bertz CT molecular complexity index is 551. The van der Waals surface area contributed by atoms with Crippen molar-refractivity contribution in [3.63, 3.8) is 0 Å². The van der Waals surface area contributed by atoms with E-state index in [-0.39, 0.29) is 17.9 Å². The van der Waals surface area contributed by atoms with Crippen molar-refractivity contribution in [2.24, 2.45) is 0 Å². The summed E-state index contributed by atoms with van der Waals surface area (Å²) in [6.07, 6.45) is 1.60. The Morgan fingerprint density at radius 2 is 2.12 bits per heavy atom. The molecule has 0 radical (unpaired) electrons. The minimum Gasteiger partial charge on any atom is -0.292 e. The lowest BCUT2D eigenvalue weighted by molar-refractivity contribution is 0.0984. The van der Waals surface area contributed by atoms with Crippen molar-refractivity contribution >= 4 is 5.78 Å². The highest BCUT2D eigenvalue weighted by Gasteiger charge is 2.13. The molecule has 1 aromatic carbocycles. The number of carbonyl (C=O) groups excluding carboxylic acids is 1. The largest absolute Gasteiger partial charge is 0.292 e. The molecule has 0 saturated carbocycles. The number of Topliss-reactive ketones (excluding diaryl/α,β-unsaturated/α-hetero) is 1. The third kappa shape index (κ3) is 2.75. The van der Waals surface area contributed by atoms with Gasteiger partial charge in [-0.2, -0.15) is 0 Å². The van der Waals surface area contributed by atoms with Crippen LogP contribution in [0.15, 0.2) is 42.6 Å². The molecular weight excluding hydrogens is 217 g/mol. The summed E-state index contributed by atoms with van der Waals surface area (Å²) in [5, 5.41) is 0. The second-order valence-electron chi connectivity index (χ2n) is 3.92. The van der Waals surface area contributed by atoms with E-state index >= 15 is 0 Å². The molecule has 0 fully saturated rings. The highest BCUT2D eigenvalue weighted by molar-refractivity contribution is 5.95. The van der Waals surface area contributed by atoms with Gasteiger partial charge in [0.25, 0.3) is 0 Å². The fourth-order valence-corrected chi connectivity index (χ4v) is 1.68. The molecule has 3 heteroatoms. The normalized spacial score (nSPS) is 10.2. The monoisotopic (exact) mass is 229 g/mol. The van der Waals surface area contributed by atoms with Gasteiger partial charge in [0.05, 0.1) is 0 Å². The molecule has 0 aliphatic carbocycles. The molecule has 0 amide bonds. The van der Waals surface area contributed by atoms with Crippen molar-refractivity contribution in [2.75, 3.05) is 0 Å². The van der Waals surface area contributed by atoms with Crippen molar-refractivity contribution in [3.05, 3.63) is 65.2 Å². The first-order valence-electron chi connectivity index (χ1n) is 5.36. The molecule has 0 aliphatic rings. The Labute approximate surface area is 99.1 Å². The Kier molecular flexibility index (Phi) is 3.28. The van der Waals surface area contributed by atoms with Gasteiger partial charge in [0.2, 0.25) is 0 Å². The molecule has 0 atom stereocenters. The first-order chi connectivity index (χ1) is 8.16. The number of hydrogen-bond donors (Lipinski definition) is 0. The second kappa shape index (κ2) is 4.87. The van der Waals surface area contributed by atoms with Crippen LogP contribution >= 0.6 is 0 Å². The van der Waals surface area contributed by atoms with Crippen molar-refractivity contribution < 1.29 is 9.18 Å². The molecule has 0 N–H and O–H groups in total. The lowest BCUT2D eigenvalue weighted by Crippen LogP contribution is -2.08. The number of rotatable bonds is 3. The Hall–Kier alpha value is -2.03. The number of nitrogens with zero attached hydrogens (tertiary/aromatic N) is 1. The van der Waals surface area contributed by atoms with E-state index in [1.165, 1.54) is 18.3 Å². The van der Waals surface area contributed by atoms with Crippen LogP contribution in [0.3, 0.4) is 0 Å². The van der Waals surface area contributed by atoms with Gasteiger partial charge in [0.15, 0.2) is 11.6 Å². The molecule has 0 aliphatic heterocycles. The summed E-state index contributed by atoms with van der Waals surface area (Å²) in [5.74, 6) is -0.862. The molecule has 0 bridgehead atoms. The summed E-state index contributed by atoms with van der Waals surface area (Å²) < 4.78 is 13.3. The zero-order valence-corrected chi connectivity index (χ0v) is 9.48. The van der Waals surface area contributed by atoms with Crippen LogP contribution in [-0.2, 0) is 6.42 Å². The predicted molar refractivity (Wildman–Crippen MR) is 63.4 cm³/mol. The molecule has 17 heavy (non-hydrogen) atoms. The quantitative estimate of drug-likeness (QED) is 0.757. The molecule has 0 unspecified atom stereocenters. The third-order valence-corrected chi connectivity index (χ3v) is 2.47. The average Bonchev–Trinajstić information content (AvgIpc) is 2.29. The lowest BCUT2D eigenvalue weighted by Gasteiger charge is -2.02. The summed E-state index contributed by atoms with van der Waals surface area (Å²) in [7, 11) is 0. The first-order valence-corrected chi connectivity index (χ1v) is 5.36. The van der Waals surface area contributed by atoms with Crippen LogP contribution in [0.2, 0.25) is 0 Å². The zero-order valence-electron chi connectivity index (χ0n) is 9.48. The van der Waals surface area contributed by atoms with Gasteiger partial charge in [-0.15, -0.1) is 0 Å². The van der Waals surface area contributed by atoms with E-state index < -0.39 is 5.82 Å². The van der Waals surface area contributed by atoms with Gasteiger partial charge in [-0.1, -0.05) is 29.8 Å². The van der Waals surface area contributed by atoms with Crippen LogP contribution in [0, 0.1) is 12.7 Å². The molecule has 2 nitrogen and oxygen atoms in total. The standard InChI is InChI=1S/C14H12FNO/c1-10-4-2-5-11(8-10)9-13(17)14-12(15)6-3-7-16-14/h2-8H,9H2,1H3. The van der Waals surface area contributed by atoms with Gasteiger partial charge < -0.3 is 0 Å². The molecule has 1 heterocycles. The fraction of sp³-hybridized carbons (Fsp3) is 0.143. The number of carbonyl (C=O) groups is 1. The van der Waals surface area contributed by atoms with Crippen LogP contribution in [0.5, 0.6) is 0 Å². The van der Waals surface area contributed by atoms with Gasteiger partial charge in [-0.3, -0.25) is 9.78 Å². The number of halogens is 1. The zero-order chi connectivity index (χ0) is 12.3. The van der Waals surface area contributed by atoms with Crippen LogP contribution in [0.4, 0.5) is 4.39 Å². The third-order valence-electron chi connectivity index (χ3n) is 2.47. The Morgan fingerprint density at radius 3 is 2.82 bits per heavy atom. The van der Waals surface area contributed by atoms with E-state index in [0.717, 1.165) is 11.1 Å². The summed E-state index contributed by atoms with van der Waals surface area (Å²) in [4.78, 5) is 15.6.